The van der Waals surface area contributed by atoms with Crippen LogP contribution < -0.4 is 5.32 Å². The standard InChI is InChI=1S/C17H32N2O3/c1-13(14-8-10-19(11-9-14)17(21)22-2)18-12-16(20)15-6-4-3-5-7-15/h13-16,18,20H,3-12H2,1-2H3/t13-,16+/m1/s1. The maximum atomic E-state index is 11.5. The number of carbonyl (C=O) groups is 1. The van der Waals surface area contributed by atoms with E-state index in [1.165, 1.54) is 39.2 Å². The van der Waals surface area contributed by atoms with Gasteiger partial charge in [-0.05, 0) is 44.4 Å². The molecule has 2 atom stereocenters. The Morgan fingerprint density at radius 1 is 1.18 bits per heavy atom. The number of piperidine rings is 1. The van der Waals surface area contributed by atoms with E-state index < -0.39 is 0 Å². The number of hydrogen-bond acceptors (Lipinski definition) is 4. The van der Waals surface area contributed by atoms with Gasteiger partial charge in [0.2, 0.25) is 0 Å². The lowest BCUT2D eigenvalue weighted by Gasteiger charge is -2.35. The topological polar surface area (TPSA) is 61.8 Å². The van der Waals surface area contributed by atoms with E-state index in [1.807, 2.05) is 0 Å². The fourth-order valence-corrected chi connectivity index (χ4v) is 3.87. The van der Waals surface area contributed by atoms with Gasteiger partial charge in [0.15, 0.2) is 0 Å². The second-order valence-corrected chi connectivity index (χ2v) is 6.96. The Morgan fingerprint density at radius 2 is 1.82 bits per heavy atom. The van der Waals surface area contributed by atoms with Gasteiger partial charge in [-0.1, -0.05) is 19.3 Å². The largest absolute Gasteiger partial charge is 0.453 e. The molecular weight excluding hydrogens is 280 g/mol. The molecule has 0 spiro atoms. The summed E-state index contributed by atoms with van der Waals surface area (Å²) in [6.45, 7) is 4.44. The SMILES string of the molecule is COC(=O)N1CCC([C@@H](C)NC[C@H](O)C2CCCCC2)CC1. The average Bonchev–Trinajstić information content (AvgIpc) is 2.59. The molecule has 2 aliphatic rings. The van der Waals surface area contributed by atoms with Gasteiger partial charge in [0, 0.05) is 25.7 Å². The molecule has 22 heavy (non-hydrogen) atoms. The summed E-state index contributed by atoms with van der Waals surface area (Å²) in [6.07, 6.45) is 7.79. The molecule has 1 saturated heterocycles. The molecule has 0 bridgehead atoms. The first-order valence-corrected chi connectivity index (χ1v) is 8.86. The van der Waals surface area contributed by atoms with Crippen molar-refractivity contribution in [2.75, 3.05) is 26.7 Å². The summed E-state index contributed by atoms with van der Waals surface area (Å²) < 4.78 is 4.77. The van der Waals surface area contributed by atoms with Gasteiger partial charge in [-0.3, -0.25) is 0 Å². The molecule has 0 aromatic carbocycles. The van der Waals surface area contributed by atoms with Gasteiger partial charge in [0.1, 0.15) is 0 Å². The predicted molar refractivity (Wildman–Crippen MR) is 86.7 cm³/mol. The van der Waals surface area contributed by atoms with Crippen molar-refractivity contribution >= 4 is 6.09 Å². The lowest BCUT2D eigenvalue weighted by Crippen LogP contribution is -2.46. The molecule has 1 amide bonds. The molecule has 5 nitrogen and oxygen atoms in total. The molecule has 2 rings (SSSR count). The Bertz CT molecular complexity index is 337. The highest BCUT2D eigenvalue weighted by molar-refractivity contribution is 5.67. The van der Waals surface area contributed by atoms with Gasteiger partial charge in [-0.15, -0.1) is 0 Å². The summed E-state index contributed by atoms with van der Waals surface area (Å²) >= 11 is 0. The minimum Gasteiger partial charge on any atom is -0.453 e. The Hall–Kier alpha value is -0.810. The van der Waals surface area contributed by atoms with Crippen LogP contribution in [0, 0.1) is 11.8 Å². The fraction of sp³-hybridized carbons (Fsp3) is 0.941. The Morgan fingerprint density at radius 3 is 2.41 bits per heavy atom. The minimum atomic E-state index is -0.216. The van der Waals surface area contributed by atoms with Crippen LogP contribution >= 0.6 is 0 Å². The van der Waals surface area contributed by atoms with Crippen LogP contribution in [-0.2, 0) is 4.74 Å². The summed E-state index contributed by atoms with van der Waals surface area (Å²) in [5.74, 6) is 1.05. The normalized spacial score (nSPS) is 24.0. The van der Waals surface area contributed by atoms with E-state index in [0.717, 1.165) is 25.9 Å². The van der Waals surface area contributed by atoms with Crippen molar-refractivity contribution in [1.82, 2.24) is 10.2 Å². The number of nitrogens with one attached hydrogen (secondary N) is 1. The maximum absolute atomic E-state index is 11.5. The van der Waals surface area contributed by atoms with Crippen molar-refractivity contribution in [3.63, 3.8) is 0 Å². The summed E-state index contributed by atoms with van der Waals surface area (Å²) in [7, 11) is 1.44. The molecule has 2 N–H and O–H groups in total. The van der Waals surface area contributed by atoms with E-state index in [0.29, 0.717) is 24.4 Å². The Balaban J connectivity index is 1.67. The van der Waals surface area contributed by atoms with Crippen molar-refractivity contribution in [3.05, 3.63) is 0 Å². The quantitative estimate of drug-likeness (QED) is 0.818. The monoisotopic (exact) mass is 312 g/mol. The Kier molecular flexibility index (Phi) is 6.96. The van der Waals surface area contributed by atoms with Crippen LogP contribution in [0.5, 0.6) is 0 Å². The first-order chi connectivity index (χ1) is 10.6. The van der Waals surface area contributed by atoms with E-state index >= 15 is 0 Å². The first kappa shape index (κ1) is 17.5. The van der Waals surface area contributed by atoms with Crippen molar-refractivity contribution < 1.29 is 14.6 Å². The van der Waals surface area contributed by atoms with Crippen LogP contribution in [0.3, 0.4) is 0 Å². The molecule has 5 heteroatoms. The molecular formula is C17H32N2O3. The third-order valence-corrected chi connectivity index (χ3v) is 5.52. The van der Waals surface area contributed by atoms with Crippen LogP contribution in [-0.4, -0.2) is 55.0 Å². The first-order valence-electron chi connectivity index (χ1n) is 8.86. The molecule has 0 aromatic heterocycles. The van der Waals surface area contributed by atoms with Crippen LogP contribution in [0.4, 0.5) is 4.79 Å². The minimum absolute atomic E-state index is 0.210. The lowest BCUT2D eigenvalue weighted by molar-refractivity contribution is 0.0747. The highest BCUT2D eigenvalue weighted by Crippen LogP contribution is 2.26. The second-order valence-electron chi connectivity index (χ2n) is 6.96. The van der Waals surface area contributed by atoms with Gasteiger partial charge in [0.25, 0.3) is 0 Å². The summed E-state index contributed by atoms with van der Waals surface area (Å²) in [6, 6.07) is 0.387. The van der Waals surface area contributed by atoms with Crippen LogP contribution in [0.1, 0.15) is 51.9 Å². The zero-order chi connectivity index (χ0) is 15.9. The summed E-state index contributed by atoms with van der Waals surface area (Å²) in [4.78, 5) is 13.3. The van der Waals surface area contributed by atoms with E-state index in [-0.39, 0.29) is 12.2 Å². The molecule has 1 aliphatic heterocycles. The van der Waals surface area contributed by atoms with E-state index in [1.54, 1.807) is 4.90 Å². The third-order valence-electron chi connectivity index (χ3n) is 5.52. The third kappa shape index (κ3) is 4.85. The molecule has 1 heterocycles. The highest BCUT2D eigenvalue weighted by atomic mass is 16.5. The number of methoxy groups -OCH3 is 1. The molecule has 128 valence electrons. The number of ether oxygens (including phenoxy) is 1. The van der Waals surface area contributed by atoms with Crippen molar-refractivity contribution in [2.45, 2.75) is 64.0 Å². The van der Waals surface area contributed by atoms with E-state index in [9.17, 15) is 9.90 Å². The van der Waals surface area contributed by atoms with Crippen LogP contribution in [0.2, 0.25) is 0 Å². The van der Waals surface area contributed by atoms with Crippen molar-refractivity contribution in [2.24, 2.45) is 11.8 Å². The van der Waals surface area contributed by atoms with Gasteiger partial charge >= 0.3 is 6.09 Å². The number of nitrogens with zero attached hydrogens (tertiary/aromatic N) is 1. The zero-order valence-corrected chi connectivity index (χ0v) is 14.1. The lowest BCUT2D eigenvalue weighted by atomic mass is 9.85. The number of aliphatic hydroxyl groups is 1. The zero-order valence-electron chi connectivity index (χ0n) is 14.1. The van der Waals surface area contributed by atoms with Gasteiger partial charge < -0.3 is 20.1 Å². The number of carbonyl (C=O) groups excluding carboxylic acids is 1. The molecule has 0 aromatic rings. The van der Waals surface area contributed by atoms with Gasteiger partial charge in [-0.25, -0.2) is 4.79 Å². The number of likely N-dealkylation sites (tertiary alicyclic amines) is 1. The molecule has 2 fully saturated rings. The summed E-state index contributed by atoms with van der Waals surface area (Å²) in [5, 5.41) is 13.9. The molecule has 1 aliphatic carbocycles. The predicted octanol–water partition coefficient (Wildman–Crippen LogP) is 2.38. The van der Waals surface area contributed by atoms with Gasteiger partial charge in [-0.2, -0.15) is 0 Å². The number of hydrogen-bond donors (Lipinski definition) is 2. The number of aliphatic hydroxyl groups excluding tert-OH is 1. The van der Waals surface area contributed by atoms with Crippen molar-refractivity contribution in [1.29, 1.82) is 0 Å². The van der Waals surface area contributed by atoms with Gasteiger partial charge in [0.05, 0.1) is 13.2 Å². The number of amides is 1. The van der Waals surface area contributed by atoms with Crippen molar-refractivity contribution in [3.8, 4) is 0 Å². The summed E-state index contributed by atoms with van der Waals surface area (Å²) in [5.41, 5.74) is 0. The molecule has 0 unspecified atom stereocenters. The highest BCUT2D eigenvalue weighted by Gasteiger charge is 2.28. The molecule has 0 radical (unpaired) electrons. The van der Waals surface area contributed by atoms with Crippen LogP contribution in [0.15, 0.2) is 0 Å². The maximum Gasteiger partial charge on any atom is 0.409 e. The smallest absolute Gasteiger partial charge is 0.409 e. The Labute approximate surface area is 134 Å². The van der Waals surface area contributed by atoms with E-state index in [2.05, 4.69) is 12.2 Å². The average molecular weight is 312 g/mol. The van der Waals surface area contributed by atoms with E-state index in [4.69, 9.17) is 4.74 Å². The molecule has 1 saturated carbocycles. The number of rotatable bonds is 5. The fourth-order valence-electron chi connectivity index (χ4n) is 3.87. The second kappa shape index (κ2) is 8.73. The van der Waals surface area contributed by atoms with Crippen LogP contribution in [0.25, 0.3) is 0 Å².